The molecule has 0 spiro atoms. The topological polar surface area (TPSA) is 111 Å². The Morgan fingerprint density at radius 1 is 1.39 bits per heavy atom. The molecule has 152 valence electrons. The molecule has 0 aliphatic heterocycles. The molecule has 0 saturated carbocycles. The number of nitro groups is 1. The van der Waals surface area contributed by atoms with Gasteiger partial charge in [-0.3, -0.25) is 5.32 Å². The third kappa shape index (κ3) is 6.11. The number of carbonyl (C=O) groups is 1. The lowest BCUT2D eigenvalue weighted by Crippen LogP contribution is -2.49. The van der Waals surface area contributed by atoms with E-state index in [1.54, 1.807) is 6.92 Å². The number of amides is 1. The van der Waals surface area contributed by atoms with Gasteiger partial charge in [-0.25, -0.2) is 18.7 Å². The molecule has 0 saturated heterocycles. The smallest absolute Gasteiger partial charge is 0.409 e. The Bertz CT molecular complexity index is 841. The maximum atomic E-state index is 13.0. The summed E-state index contributed by atoms with van der Waals surface area (Å²) in [5.74, 6) is -0.279. The van der Waals surface area contributed by atoms with Gasteiger partial charge in [-0.15, -0.1) is 0 Å². The fraction of sp³-hybridized carbons (Fsp3) is 0.333. The highest BCUT2D eigenvalue weighted by atomic mass is 35.6. The standard InChI is InChI=1S/C15H15Cl3FN5O4/c1-9-20-8-12(24(26)27)23(9)6-7-28-14(25)22-13(15(16,17)18)21-11-4-2-10(19)3-5-11/h2-5,8,13,21H,6-7H2,1H3,(H,22,25)/t13-/m1/s1. The molecule has 1 atom stereocenters. The maximum Gasteiger partial charge on any atom is 0.409 e. The number of aromatic nitrogens is 2. The molecule has 28 heavy (non-hydrogen) atoms. The molecule has 0 aliphatic carbocycles. The molecule has 1 aromatic heterocycles. The minimum absolute atomic E-state index is 0.0133. The number of hydrogen-bond donors (Lipinski definition) is 2. The van der Waals surface area contributed by atoms with Gasteiger partial charge in [-0.2, -0.15) is 0 Å². The van der Waals surface area contributed by atoms with Crippen molar-refractivity contribution in [1.82, 2.24) is 14.9 Å². The number of aryl methyl sites for hydroxylation is 1. The zero-order valence-electron chi connectivity index (χ0n) is 14.4. The molecule has 0 unspecified atom stereocenters. The van der Waals surface area contributed by atoms with Crippen LogP contribution in [0.5, 0.6) is 0 Å². The van der Waals surface area contributed by atoms with E-state index in [1.165, 1.54) is 28.8 Å². The molecular formula is C15H15Cl3FN5O4. The Morgan fingerprint density at radius 3 is 2.61 bits per heavy atom. The van der Waals surface area contributed by atoms with Crippen LogP contribution < -0.4 is 10.6 Å². The van der Waals surface area contributed by atoms with Crippen LogP contribution in [0.1, 0.15) is 5.82 Å². The monoisotopic (exact) mass is 453 g/mol. The van der Waals surface area contributed by atoms with Crippen molar-refractivity contribution in [3.8, 4) is 0 Å². The molecule has 2 N–H and O–H groups in total. The van der Waals surface area contributed by atoms with Crippen LogP contribution in [-0.2, 0) is 11.3 Å². The number of nitrogens with zero attached hydrogens (tertiary/aromatic N) is 3. The normalized spacial score (nSPS) is 12.3. The zero-order valence-corrected chi connectivity index (χ0v) is 16.6. The van der Waals surface area contributed by atoms with Gasteiger partial charge in [0.15, 0.2) is 5.82 Å². The van der Waals surface area contributed by atoms with Crippen LogP contribution >= 0.6 is 34.8 Å². The first kappa shape index (κ1) is 22.0. The molecule has 1 amide bonds. The van der Waals surface area contributed by atoms with Gasteiger partial charge in [-0.1, -0.05) is 34.8 Å². The van der Waals surface area contributed by atoms with Crippen LogP contribution in [0.2, 0.25) is 0 Å². The first-order chi connectivity index (χ1) is 13.1. The van der Waals surface area contributed by atoms with E-state index in [0.717, 1.165) is 6.20 Å². The van der Waals surface area contributed by atoms with Crippen molar-refractivity contribution in [3.63, 3.8) is 0 Å². The second-order valence-electron chi connectivity index (χ2n) is 5.48. The first-order valence-electron chi connectivity index (χ1n) is 7.76. The van der Waals surface area contributed by atoms with Crippen molar-refractivity contribution in [2.45, 2.75) is 23.4 Å². The molecule has 9 nitrogen and oxygen atoms in total. The number of halogens is 4. The van der Waals surface area contributed by atoms with Crippen LogP contribution in [0.4, 0.5) is 20.7 Å². The Balaban J connectivity index is 1.94. The van der Waals surface area contributed by atoms with E-state index >= 15 is 0 Å². The van der Waals surface area contributed by atoms with Crippen molar-refractivity contribution < 1.29 is 18.8 Å². The number of rotatable bonds is 7. The van der Waals surface area contributed by atoms with E-state index in [9.17, 15) is 19.3 Å². The summed E-state index contributed by atoms with van der Waals surface area (Å²) in [5.41, 5.74) is 0.391. The summed E-state index contributed by atoms with van der Waals surface area (Å²) in [6.07, 6.45) is -1.01. The van der Waals surface area contributed by atoms with Crippen LogP contribution in [0, 0.1) is 22.9 Å². The lowest BCUT2D eigenvalue weighted by Gasteiger charge is -2.27. The molecule has 0 fully saturated rings. The van der Waals surface area contributed by atoms with E-state index in [2.05, 4.69) is 15.6 Å². The van der Waals surface area contributed by atoms with E-state index < -0.39 is 26.8 Å². The van der Waals surface area contributed by atoms with Gasteiger partial charge in [-0.05, 0) is 29.2 Å². The van der Waals surface area contributed by atoms with Gasteiger partial charge in [0.05, 0.1) is 0 Å². The van der Waals surface area contributed by atoms with Crippen molar-refractivity contribution >= 4 is 52.4 Å². The van der Waals surface area contributed by atoms with E-state index in [0.29, 0.717) is 11.5 Å². The van der Waals surface area contributed by atoms with Crippen LogP contribution in [0.3, 0.4) is 0 Å². The molecule has 0 radical (unpaired) electrons. The highest BCUT2D eigenvalue weighted by Gasteiger charge is 2.34. The number of hydrogen-bond acceptors (Lipinski definition) is 6. The van der Waals surface area contributed by atoms with Gasteiger partial charge in [0.25, 0.3) is 0 Å². The fourth-order valence-electron chi connectivity index (χ4n) is 2.18. The molecule has 0 bridgehead atoms. The van der Waals surface area contributed by atoms with Gasteiger partial charge in [0, 0.05) is 12.6 Å². The predicted octanol–water partition coefficient (Wildman–Crippen LogP) is 3.77. The van der Waals surface area contributed by atoms with Crippen molar-refractivity contribution in [3.05, 3.63) is 52.2 Å². The quantitative estimate of drug-likeness (QED) is 0.285. The highest BCUT2D eigenvalue weighted by Crippen LogP contribution is 2.31. The Kier molecular flexibility index (Phi) is 7.28. The van der Waals surface area contributed by atoms with E-state index in [1.807, 2.05) is 0 Å². The largest absolute Gasteiger partial charge is 0.445 e. The lowest BCUT2D eigenvalue weighted by atomic mass is 10.3. The second-order valence-corrected chi connectivity index (χ2v) is 7.85. The van der Waals surface area contributed by atoms with Gasteiger partial charge >= 0.3 is 11.9 Å². The maximum absolute atomic E-state index is 13.0. The Morgan fingerprint density at radius 2 is 2.04 bits per heavy atom. The average molecular weight is 455 g/mol. The molecular weight excluding hydrogens is 440 g/mol. The zero-order chi connectivity index (χ0) is 20.9. The van der Waals surface area contributed by atoms with E-state index in [-0.39, 0.29) is 19.0 Å². The highest BCUT2D eigenvalue weighted by molar-refractivity contribution is 6.68. The minimum atomic E-state index is -1.95. The molecule has 1 heterocycles. The first-order valence-corrected chi connectivity index (χ1v) is 8.90. The number of alkyl carbamates (subject to hydrolysis) is 1. The second kappa shape index (κ2) is 9.26. The van der Waals surface area contributed by atoms with E-state index in [4.69, 9.17) is 39.5 Å². The Labute approximate surface area is 173 Å². The van der Waals surface area contributed by atoms with Crippen molar-refractivity contribution in [2.24, 2.45) is 0 Å². The number of carbonyl (C=O) groups excluding carboxylic acids is 1. The number of benzene rings is 1. The number of ether oxygens (including phenoxy) is 1. The van der Waals surface area contributed by atoms with Crippen molar-refractivity contribution in [1.29, 1.82) is 0 Å². The van der Waals surface area contributed by atoms with Gasteiger partial charge in [0.1, 0.15) is 31.3 Å². The van der Waals surface area contributed by atoms with Crippen molar-refractivity contribution in [2.75, 3.05) is 11.9 Å². The summed E-state index contributed by atoms with van der Waals surface area (Å²) in [6, 6.07) is 5.17. The Hall–Kier alpha value is -2.30. The predicted molar refractivity (Wildman–Crippen MR) is 102 cm³/mol. The SMILES string of the molecule is Cc1ncc([N+](=O)[O-])n1CCOC(=O)N[C@@H](Nc1ccc(F)cc1)C(Cl)(Cl)Cl. The van der Waals surface area contributed by atoms with Gasteiger partial charge < -0.3 is 20.2 Å². The summed E-state index contributed by atoms with van der Waals surface area (Å²) in [5, 5.41) is 16.0. The van der Waals surface area contributed by atoms with Gasteiger partial charge in [0.2, 0.25) is 3.79 Å². The molecule has 13 heteroatoms. The summed E-state index contributed by atoms with van der Waals surface area (Å²) in [7, 11) is 0. The third-order valence-electron chi connectivity index (χ3n) is 3.51. The third-order valence-corrected chi connectivity index (χ3v) is 4.17. The van der Waals surface area contributed by atoms with Crippen LogP contribution in [0.15, 0.2) is 30.5 Å². The average Bonchev–Trinajstić information content (AvgIpc) is 2.96. The number of nitrogens with one attached hydrogen (secondary N) is 2. The molecule has 2 aromatic rings. The number of imidazole rings is 1. The number of anilines is 1. The lowest BCUT2D eigenvalue weighted by molar-refractivity contribution is -0.392. The summed E-state index contributed by atoms with van der Waals surface area (Å²) < 4.78 is 17.3. The van der Waals surface area contributed by atoms with Crippen LogP contribution in [-0.4, -0.2) is 37.1 Å². The van der Waals surface area contributed by atoms with Crippen LogP contribution in [0.25, 0.3) is 0 Å². The minimum Gasteiger partial charge on any atom is -0.445 e. The fourth-order valence-corrected chi connectivity index (χ4v) is 2.51. The molecule has 1 aromatic carbocycles. The summed E-state index contributed by atoms with van der Waals surface area (Å²) in [6.45, 7) is 1.41. The summed E-state index contributed by atoms with van der Waals surface area (Å²) >= 11 is 17.6. The number of alkyl halides is 3. The summed E-state index contributed by atoms with van der Waals surface area (Å²) in [4.78, 5) is 26.2. The molecule has 0 aliphatic rings. The molecule has 2 rings (SSSR count).